The van der Waals surface area contributed by atoms with Crippen LogP contribution >= 0.6 is 11.3 Å². The van der Waals surface area contributed by atoms with E-state index in [2.05, 4.69) is 18.0 Å². The zero-order chi connectivity index (χ0) is 23.1. The molecule has 1 amide bonds. The molecule has 1 aliphatic carbocycles. The number of rotatable bonds is 4. The molecule has 3 nitrogen and oxygen atoms in total. The number of nitrogens with zero attached hydrogens (tertiary/aromatic N) is 2. The molecule has 0 bridgehead atoms. The molecule has 0 N–H and O–H groups in total. The summed E-state index contributed by atoms with van der Waals surface area (Å²) in [6.07, 6.45) is -2.58. The van der Waals surface area contributed by atoms with Crippen LogP contribution in [0.2, 0.25) is 0 Å². The highest BCUT2D eigenvalue weighted by atomic mass is 32.1. The van der Waals surface area contributed by atoms with Gasteiger partial charge in [-0.05, 0) is 61.1 Å². The normalized spacial score (nSPS) is 17.6. The lowest BCUT2D eigenvalue weighted by Gasteiger charge is -2.27. The van der Waals surface area contributed by atoms with Crippen LogP contribution in [0.5, 0.6) is 0 Å². The third kappa shape index (κ3) is 4.32. The number of hydrogen-bond acceptors (Lipinski definition) is 3. The molecule has 2 heterocycles. The van der Waals surface area contributed by atoms with E-state index in [4.69, 9.17) is 0 Å². The number of alkyl halides is 5. The van der Waals surface area contributed by atoms with Crippen LogP contribution < -0.4 is 4.90 Å². The lowest BCUT2D eigenvalue weighted by molar-refractivity contribution is -0.276. The zero-order valence-corrected chi connectivity index (χ0v) is 18.3. The second-order valence-corrected chi connectivity index (χ2v) is 9.41. The van der Waals surface area contributed by atoms with Gasteiger partial charge in [0, 0.05) is 18.0 Å². The molecule has 1 saturated heterocycles. The van der Waals surface area contributed by atoms with Gasteiger partial charge in [-0.15, -0.1) is 11.3 Å². The smallest absolute Gasteiger partial charge is 0.306 e. The summed E-state index contributed by atoms with van der Waals surface area (Å²) in [4.78, 5) is 15.1. The van der Waals surface area contributed by atoms with Crippen LogP contribution in [0.4, 0.5) is 27.0 Å². The highest BCUT2D eigenvalue weighted by Crippen LogP contribution is 2.45. The minimum Gasteiger partial charge on any atom is -0.306 e. The van der Waals surface area contributed by atoms with Gasteiger partial charge < -0.3 is 4.90 Å². The number of piperidine rings is 1. The maximum absolute atomic E-state index is 13.7. The average molecular weight is 471 g/mol. The van der Waals surface area contributed by atoms with Crippen LogP contribution in [0.3, 0.4) is 0 Å². The molecule has 2 aromatic rings. The Morgan fingerprint density at radius 3 is 2.38 bits per heavy atom. The Morgan fingerprint density at radius 1 is 1.03 bits per heavy atom. The van der Waals surface area contributed by atoms with Gasteiger partial charge in [0.1, 0.15) is 0 Å². The first-order valence-electron chi connectivity index (χ1n) is 10.4. The zero-order valence-electron chi connectivity index (χ0n) is 17.5. The monoisotopic (exact) mass is 470 g/mol. The van der Waals surface area contributed by atoms with Gasteiger partial charge in [-0.1, -0.05) is 29.8 Å². The van der Waals surface area contributed by atoms with Gasteiger partial charge in [-0.25, -0.2) is 0 Å². The lowest BCUT2D eigenvalue weighted by atomic mass is 9.88. The van der Waals surface area contributed by atoms with E-state index < -0.39 is 18.6 Å². The summed E-state index contributed by atoms with van der Waals surface area (Å²) in [6.45, 7) is 0.0594. The lowest BCUT2D eigenvalue weighted by Crippen LogP contribution is -2.46. The molecule has 0 unspecified atom stereocenters. The predicted octanol–water partition coefficient (Wildman–Crippen LogP) is 5.53. The van der Waals surface area contributed by atoms with Crippen molar-refractivity contribution < 1.29 is 26.7 Å². The molecule has 0 spiro atoms. The van der Waals surface area contributed by atoms with Gasteiger partial charge in [-0.3, -0.25) is 9.69 Å². The maximum atomic E-state index is 13.7. The van der Waals surface area contributed by atoms with Crippen LogP contribution in [-0.4, -0.2) is 50.1 Å². The van der Waals surface area contributed by atoms with Crippen molar-refractivity contribution in [2.75, 3.05) is 31.6 Å². The SMILES string of the molecule is CN1CCC(=C2c3ccccc3CCc3sc(N(C=O)CC(F)(F)C(F)(F)F)cc32)CC1. The Kier molecular flexibility index (Phi) is 6.15. The molecule has 0 saturated carbocycles. The van der Waals surface area contributed by atoms with E-state index in [1.165, 1.54) is 11.1 Å². The Bertz CT molecular complexity index is 1030. The van der Waals surface area contributed by atoms with E-state index in [0.717, 1.165) is 65.3 Å². The van der Waals surface area contributed by atoms with Gasteiger partial charge in [0.15, 0.2) is 0 Å². The predicted molar refractivity (Wildman–Crippen MR) is 115 cm³/mol. The number of halogens is 5. The van der Waals surface area contributed by atoms with Gasteiger partial charge in [0.25, 0.3) is 0 Å². The first-order chi connectivity index (χ1) is 15.1. The fourth-order valence-corrected chi connectivity index (χ4v) is 5.45. The first kappa shape index (κ1) is 22.9. The number of carbonyl (C=O) groups excluding carboxylic acids is 1. The van der Waals surface area contributed by atoms with Crippen molar-refractivity contribution in [2.45, 2.75) is 37.8 Å². The number of likely N-dealkylation sites (tertiary alicyclic amines) is 1. The third-order valence-corrected chi connectivity index (χ3v) is 7.34. The molecule has 4 rings (SSSR count). The van der Waals surface area contributed by atoms with E-state index >= 15 is 0 Å². The van der Waals surface area contributed by atoms with Crippen LogP contribution in [0, 0.1) is 0 Å². The molecule has 172 valence electrons. The topological polar surface area (TPSA) is 23.6 Å². The van der Waals surface area contributed by atoms with E-state index in [9.17, 15) is 26.7 Å². The largest absolute Gasteiger partial charge is 0.455 e. The maximum Gasteiger partial charge on any atom is 0.455 e. The number of thiophene rings is 1. The molecule has 0 atom stereocenters. The molecule has 1 aromatic carbocycles. The number of aryl methyl sites for hydroxylation is 2. The summed E-state index contributed by atoms with van der Waals surface area (Å²) < 4.78 is 65.5. The van der Waals surface area contributed by atoms with Crippen molar-refractivity contribution in [2.24, 2.45) is 0 Å². The summed E-state index contributed by atoms with van der Waals surface area (Å²) in [5, 5.41) is 0.110. The van der Waals surface area contributed by atoms with Gasteiger partial charge in [0.05, 0.1) is 11.5 Å². The van der Waals surface area contributed by atoms with Crippen molar-refractivity contribution in [1.82, 2.24) is 4.90 Å². The molecule has 1 fully saturated rings. The molecule has 1 aromatic heterocycles. The van der Waals surface area contributed by atoms with Crippen molar-refractivity contribution in [3.63, 3.8) is 0 Å². The number of benzene rings is 1. The summed E-state index contributed by atoms with van der Waals surface area (Å²) in [5.41, 5.74) is 5.40. The summed E-state index contributed by atoms with van der Waals surface area (Å²) >= 11 is 1.12. The number of carbonyl (C=O) groups is 1. The Hall–Kier alpha value is -2.26. The standard InChI is InChI=1S/C23H23F5N2OS/c1-29-10-8-16(9-11-29)21-17-5-3-2-4-15(17)6-7-19-18(21)12-20(32-19)30(14-31)13-22(24,25)23(26,27)28/h2-5,12,14H,6-11,13H2,1H3. The molecular weight excluding hydrogens is 447 g/mol. The fourth-order valence-electron chi connectivity index (χ4n) is 4.32. The summed E-state index contributed by atoms with van der Waals surface area (Å²) in [7, 11) is 2.05. The van der Waals surface area contributed by atoms with E-state index in [-0.39, 0.29) is 11.4 Å². The third-order valence-electron chi connectivity index (χ3n) is 6.11. The van der Waals surface area contributed by atoms with Crippen molar-refractivity contribution in [3.05, 3.63) is 57.5 Å². The Balaban J connectivity index is 1.79. The molecule has 9 heteroatoms. The number of anilines is 1. The molecule has 1 aliphatic heterocycles. The minimum absolute atomic E-state index is 0.0567. The van der Waals surface area contributed by atoms with Gasteiger partial charge >= 0.3 is 12.1 Å². The number of amides is 1. The minimum atomic E-state index is -5.72. The average Bonchev–Trinajstić information content (AvgIpc) is 3.09. The molecule has 2 aliphatic rings. The van der Waals surface area contributed by atoms with Crippen molar-refractivity contribution in [3.8, 4) is 0 Å². The second kappa shape index (κ2) is 8.59. The highest BCUT2D eigenvalue weighted by molar-refractivity contribution is 7.16. The van der Waals surface area contributed by atoms with Gasteiger partial charge in [0.2, 0.25) is 6.41 Å². The van der Waals surface area contributed by atoms with Crippen LogP contribution in [-0.2, 0) is 17.6 Å². The molecule has 0 radical (unpaired) electrons. The number of fused-ring (bicyclic) bond motifs is 2. The quantitative estimate of drug-likeness (QED) is 0.433. The van der Waals surface area contributed by atoms with Crippen LogP contribution in [0.25, 0.3) is 5.57 Å². The van der Waals surface area contributed by atoms with Crippen LogP contribution in [0.15, 0.2) is 35.9 Å². The van der Waals surface area contributed by atoms with E-state index in [1.807, 2.05) is 18.2 Å². The second-order valence-electron chi connectivity index (χ2n) is 8.30. The molecular formula is C23H23F5N2OS. The highest BCUT2D eigenvalue weighted by Gasteiger charge is 2.58. The van der Waals surface area contributed by atoms with Crippen molar-refractivity contribution in [1.29, 1.82) is 0 Å². The van der Waals surface area contributed by atoms with E-state index in [0.29, 0.717) is 11.3 Å². The summed E-state index contributed by atoms with van der Waals surface area (Å²) in [6, 6.07) is 9.66. The summed E-state index contributed by atoms with van der Waals surface area (Å²) in [5.74, 6) is -4.99. The van der Waals surface area contributed by atoms with Gasteiger partial charge in [-0.2, -0.15) is 22.0 Å². The van der Waals surface area contributed by atoms with E-state index in [1.54, 1.807) is 6.07 Å². The van der Waals surface area contributed by atoms with Crippen molar-refractivity contribution >= 4 is 28.3 Å². The molecule has 32 heavy (non-hydrogen) atoms. The fraction of sp³-hybridized carbons (Fsp3) is 0.435. The Labute approximate surface area is 187 Å². The van der Waals surface area contributed by atoms with Crippen LogP contribution in [0.1, 0.15) is 34.4 Å². The first-order valence-corrected chi connectivity index (χ1v) is 11.2. The Morgan fingerprint density at radius 2 is 1.72 bits per heavy atom. The number of hydrogen-bond donors (Lipinski definition) is 0.